The summed E-state index contributed by atoms with van der Waals surface area (Å²) in [6, 6.07) is 0. The first-order valence-electron chi connectivity index (χ1n) is 6.76. The summed E-state index contributed by atoms with van der Waals surface area (Å²) in [6.45, 7) is 4.44. The Hall–Kier alpha value is -0.0400. The molecule has 0 atom stereocenters. The molecule has 1 heteroatoms. The van der Waals surface area contributed by atoms with E-state index >= 15 is 0 Å². The van der Waals surface area contributed by atoms with Crippen molar-refractivity contribution in [3.63, 3.8) is 0 Å². The first kappa shape index (κ1) is 11.4. The predicted molar refractivity (Wildman–Crippen MR) is 63.8 cm³/mol. The van der Waals surface area contributed by atoms with E-state index in [2.05, 4.69) is 13.8 Å². The molecule has 1 nitrogen and oxygen atoms in total. The van der Waals surface area contributed by atoms with Crippen LogP contribution in [0.5, 0.6) is 0 Å². The molecule has 0 bridgehead atoms. The van der Waals surface area contributed by atoms with Gasteiger partial charge < -0.3 is 5.11 Å². The standard InChI is InChI=1S/C14H26O/c1-12(2)11-14(15)9-7-13(8-10-14)5-3-4-6-13/h12,15H,3-11H2,1-2H3. The summed E-state index contributed by atoms with van der Waals surface area (Å²) in [7, 11) is 0. The number of hydrogen-bond donors (Lipinski definition) is 1. The Morgan fingerprint density at radius 3 is 1.93 bits per heavy atom. The van der Waals surface area contributed by atoms with Gasteiger partial charge in [-0.2, -0.15) is 0 Å². The summed E-state index contributed by atoms with van der Waals surface area (Å²) in [5.41, 5.74) is 0.339. The molecule has 0 aromatic carbocycles. The smallest absolute Gasteiger partial charge is 0.0650 e. The van der Waals surface area contributed by atoms with Gasteiger partial charge in [-0.1, -0.05) is 26.7 Å². The van der Waals surface area contributed by atoms with Crippen LogP contribution in [0.2, 0.25) is 0 Å². The normalized spacial score (nSPS) is 28.8. The molecule has 0 radical (unpaired) electrons. The zero-order valence-electron chi connectivity index (χ0n) is 10.4. The SMILES string of the molecule is CC(C)CC1(O)CCC2(CCCC2)CC1. The third kappa shape index (κ3) is 2.55. The lowest BCUT2D eigenvalue weighted by atomic mass is 9.66. The molecule has 0 heterocycles. The monoisotopic (exact) mass is 210 g/mol. The Morgan fingerprint density at radius 1 is 0.933 bits per heavy atom. The fourth-order valence-corrected chi connectivity index (χ4v) is 3.83. The molecule has 2 aliphatic carbocycles. The largest absolute Gasteiger partial charge is 0.390 e. The van der Waals surface area contributed by atoms with E-state index in [0.717, 1.165) is 19.3 Å². The highest BCUT2D eigenvalue weighted by Gasteiger charge is 2.42. The van der Waals surface area contributed by atoms with Crippen molar-refractivity contribution in [2.24, 2.45) is 11.3 Å². The van der Waals surface area contributed by atoms with E-state index in [-0.39, 0.29) is 5.60 Å². The maximum Gasteiger partial charge on any atom is 0.0650 e. The fraction of sp³-hybridized carbons (Fsp3) is 1.00. The Labute approximate surface area is 94.3 Å². The van der Waals surface area contributed by atoms with Crippen LogP contribution in [0.3, 0.4) is 0 Å². The maximum absolute atomic E-state index is 10.5. The molecule has 2 rings (SSSR count). The Balaban J connectivity index is 1.90. The number of rotatable bonds is 2. The van der Waals surface area contributed by atoms with E-state index in [9.17, 15) is 5.11 Å². The lowest BCUT2D eigenvalue weighted by Crippen LogP contribution is -2.39. The van der Waals surface area contributed by atoms with Crippen molar-refractivity contribution in [3.8, 4) is 0 Å². The molecule has 2 aliphatic rings. The van der Waals surface area contributed by atoms with Crippen LogP contribution >= 0.6 is 0 Å². The van der Waals surface area contributed by atoms with Crippen molar-refractivity contribution >= 4 is 0 Å². The minimum atomic E-state index is -0.317. The zero-order valence-corrected chi connectivity index (χ0v) is 10.4. The van der Waals surface area contributed by atoms with Crippen LogP contribution in [0, 0.1) is 11.3 Å². The summed E-state index contributed by atoms with van der Waals surface area (Å²) in [4.78, 5) is 0. The van der Waals surface area contributed by atoms with Crippen LogP contribution in [0.15, 0.2) is 0 Å². The zero-order chi connectivity index (χ0) is 10.9. The average Bonchev–Trinajstić information content (AvgIpc) is 2.59. The minimum absolute atomic E-state index is 0.317. The second-order valence-electron chi connectivity index (χ2n) is 6.53. The molecule has 1 N–H and O–H groups in total. The third-order valence-corrected chi connectivity index (χ3v) is 4.69. The van der Waals surface area contributed by atoms with Crippen LogP contribution in [-0.4, -0.2) is 10.7 Å². The average molecular weight is 210 g/mol. The molecule has 0 saturated heterocycles. The number of aliphatic hydroxyl groups is 1. The van der Waals surface area contributed by atoms with Gasteiger partial charge in [0, 0.05) is 0 Å². The number of hydrogen-bond acceptors (Lipinski definition) is 1. The summed E-state index contributed by atoms with van der Waals surface area (Å²) in [6.07, 6.45) is 11.4. The molecular weight excluding hydrogens is 184 g/mol. The summed E-state index contributed by atoms with van der Waals surface area (Å²) < 4.78 is 0. The molecule has 88 valence electrons. The highest BCUT2D eigenvalue weighted by Crippen LogP contribution is 2.52. The minimum Gasteiger partial charge on any atom is -0.390 e. The Bertz CT molecular complexity index is 203. The van der Waals surface area contributed by atoms with Crippen LogP contribution in [0.25, 0.3) is 0 Å². The van der Waals surface area contributed by atoms with Gasteiger partial charge in [0.25, 0.3) is 0 Å². The van der Waals surface area contributed by atoms with Crippen molar-refractivity contribution < 1.29 is 5.11 Å². The Kier molecular flexibility index (Phi) is 3.12. The molecule has 0 unspecified atom stereocenters. The maximum atomic E-state index is 10.5. The van der Waals surface area contributed by atoms with Gasteiger partial charge in [-0.25, -0.2) is 0 Å². The highest BCUT2D eigenvalue weighted by molar-refractivity contribution is 4.95. The van der Waals surface area contributed by atoms with E-state index in [0.29, 0.717) is 11.3 Å². The molecule has 0 aromatic heterocycles. The van der Waals surface area contributed by atoms with Crippen molar-refractivity contribution in [2.45, 2.75) is 77.2 Å². The van der Waals surface area contributed by atoms with E-state index in [1.807, 2.05) is 0 Å². The van der Waals surface area contributed by atoms with Gasteiger partial charge in [-0.15, -0.1) is 0 Å². The lowest BCUT2D eigenvalue weighted by molar-refractivity contribution is -0.0467. The van der Waals surface area contributed by atoms with Gasteiger partial charge >= 0.3 is 0 Å². The molecular formula is C14H26O. The van der Waals surface area contributed by atoms with Gasteiger partial charge in [-0.05, 0) is 56.3 Å². The van der Waals surface area contributed by atoms with Crippen LogP contribution < -0.4 is 0 Å². The van der Waals surface area contributed by atoms with Gasteiger partial charge in [0.05, 0.1) is 5.60 Å². The predicted octanol–water partition coefficient (Wildman–Crippen LogP) is 3.90. The van der Waals surface area contributed by atoms with E-state index in [4.69, 9.17) is 0 Å². The summed E-state index contributed by atoms with van der Waals surface area (Å²) >= 11 is 0. The second-order valence-corrected chi connectivity index (χ2v) is 6.53. The van der Waals surface area contributed by atoms with Gasteiger partial charge in [0.2, 0.25) is 0 Å². The quantitative estimate of drug-likeness (QED) is 0.733. The van der Waals surface area contributed by atoms with E-state index in [1.54, 1.807) is 0 Å². The highest BCUT2D eigenvalue weighted by atomic mass is 16.3. The second kappa shape index (κ2) is 4.08. The summed E-state index contributed by atoms with van der Waals surface area (Å²) in [5.74, 6) is 0.632. The molecule has 15 heavy (non-hydrogen) atoms. The van der Waals surface area contributed by atoms with E-state index in [1.165, 1.54) is 38.5 Å². The molecule has 0 aliphatic heterocycles. The van der Waals surface area contributed by atoms with Gasteiger partial charge in [0.15, 0.2) is 0 Å². The first-order valence-corrected chi connectivity index (χ1v) is 6.76. The third-order valence-electron chi connectivity index (χ3n) is 4.69. The van der Waals surface area contributed by atoms with Crippen LogP contribution in [0.1, 0.15) is 71.6 Å². The van der Waals surface area contributed by atoms with E-state index < -0.39 is 0 Å². The summed E-state index contributed by atoms with van der Waals surface area (Å²) in [5, 5.41) is 10.5. The first-order chi connectivity index (χ1) is 7.04. The van der Waals surface area contributed by atoms with Crippen molar-refractivity contribution in [1.82, 2.24) is 0 Å². The molecule has 2 saturated carbocycles. The van der Waals surface area contributed by atoms with Crippen molar-refractivity contribution in [3.05, 3.63) is 0 Å². The van der Waals surface area contributed by atoms with Crippen molar-refractivity contribution in [1.29, 1.82) is 0 Å². The molecule has 2 fully saturated rings. The van der Waals surface area contributed by atoms with Crippen LogP contribution in [-0.2, 0) is 0 Å². The molecule has 1 spiro atoms. The van der Waals surface area contributed by atoms with Gasteiger partial charge in [-0.3, -0.25) is 0 Å². The Morgan fingerprint density at radius 2 is 1.47 bits per heavy atom. The molecule has 0 aromatic rings. The fourth-order valence-electron chi connectivity index (χ4n) is 3.83. The molecule has 0 amide bonds. The van der Waals surface area contributed by atoms with Crippen molar-refractivity contribution in [2.75, 3.05) is 0 Å². The lowest BCUT2D eigenvalue weighted by Gasteiger charge is -2.43. The van der Waals surface area contributed by atoms with Gasteiger partial charge in [0.1, 0.15) is 0 Å². The topological polar surface area (TPSA) is 20.2 Å². The van der Waals surface area contributed by atoms with Crippen LogP contribution in [0.4, 0.5) is 0 Å².